The Labute approximate surface area is 180 Å². The second-order valence-corrected chi connectivity index (χ2v) is 7.50. The van der Waals surface area contributed by atoms with Crippen molar-refractivity contribution < 1.29 is 4.74 Å². The van der Waals surface area contributed by atoms with E-state index in [4.69, 9.17) is 4.74 Å². The number of fused-ring (bicyclic) bond motifs is 1. The molecule has 0 bridgehead atoms. The first kappa shape index (κ1) is 19.5. The van der Waals surface area contributed by atoms with Gasteiger partial charge in [-0.15, -0.1) is 24.0 Å². The smallest absolute Gasteiger partial charge is 0.191 e. The Morgan fingerprint density at radius 2 is 1.88 bits per heavy atom. The molecule has 6 heteroatoms. The van der Waals surface area contributed by atoms with Gasteiger partial charge in [-0.1, -0.05) is 46.3 Å². The molecule has 4 rings (SSSR count). The number of benzene rings is 2. The van der Waals surface area contributed by atoms with Crippen LogP contribution in [0.4, 0.5) is 0 Å². The summed E-state index contributed by atoms with van der Waals surface area (Å²) in [6, 6.07) is 17.5. The van der Waals surface area contributed by atoms with Crippen molar-refractivity contribution >= 4 is 45.9 Å². The van der Waals surface area contributed by atoms with Crippen molar-refractivity contribution in [3.05, 3.63) is 64.1 Å². The molecule has 2 N–H and O–H groups in total. The average Bonchev–Trinajstić information content (AvgIpc) is 3.41. The number of rotatable bonds is 3. The zero-order valence-electron chi connectivity index (χ0n) is 14.6. The van der Waals surface area contributed by atoms with Gasteiger partial charge in [0.25, 0.3) is 0 Å². The molecule has 0 spiro atoms. The molecule has 138 valence electrons. The van der Waals surface area contributed by atoms with E-state index >= 15 is 0 Å². The zero-order chi connectivity index (χ0) is 17.2. The molecule has 0 saturated heterocycles. The van der Waals surface area contributed by atoms with Gasteiger partial charge in [0.05, 0.1) is 12.6 Å². The van der Waals surface area contributed by atoms with Gasteiger partial charge in [-0.05, 0) is 30.2 Å². The Hall–Kier alpha value is -1.28. The lowest BCUT2D eigenvalue weighted by Crippen LogP contribution is -2.42. The third-order valence-corrected chi connectivity index (χ3v) is 5.43. The number of nitrogens with zero attached hydrogens (tertiary/aromatic N) is 1. The molecule has 4 nitrogen and oxygen atoms in total. The second-order valence-electron chi connectivity index (χ2n) is 6.59. The van der Waals surface area contributed by atoms with Gasteiger partial charge in [-0.3, -0.25) is 4.99 Å². The highest BCUT2D eigenvalue weighted by Gasteiger charge is 2.39. The van der Waals surface area contributed by atoms with E-state index < -0.39 is 0 Å². The summed E-state index contributed by atoms with van der Waals surface area (Å²) in [6.07, 6.45) is 2.09. The Morgan fingerprint density at radius 1 is 1.12 bits per heavy atom. The van der Waals surface area contributed by atoms with Gasteiger partial charge in [0.15, 0.2) is 5.96 Å². The Kier molecular flexibility index (Phi) is 6.45. The molecule has 1 aliphatic heterocycles. The van der Waals surface area contributed by atoms with Gasteiger partial charge in [-0.2, -0.15) is 0 Å². The minimum atomic E-state index is 0. The highest BCUT2D eigenvalue weighted by Crippen LogP contribution is 2.41. The lowest BCUT2D eigenvalue weighted by atomic mass is 10.0. The predicted molar refractivity (Wildman–Crippen MR) is 120 cm³/mol. The van der Waals surface area contributed by atoms with Crippen LogP contribution >= 0.6 is 39.9 Å². The van der Waals surface area contributed by atoms with Crippen LogP contribution in [0, 0.1) is 0 Å². The minimum absolute atomic E-state index is 0. The minimum Gasteiger partial charge on any atom is -0.493 e. The molecule has 0 radical (unpaired) electrons. The van der Waals surface area contributed by atoms with E-state index in [0.29, 0.717) is 12.0 Å². The van der Waals surface area contributed by atoms with Crippen LogP contribution in [0.1, 0.15) is 35.9 Å². The number of hydrogen-bond donors (Lipinski definition) is 2. The predicted octanol–water partition coefficient (Wildman–Crippen LogP) is 4.61. The molecular weight excluding hydrogens is 505 g/mol. The molecule has 2 aromatic carbocycles. The molecule has 2 aliphatic rings. The van der Waals surface area contributed by atoms with E-state index in [1.54, 1.807) is 0 Å². The standard InChI is InChI=1S/C20H22BrN3O.HI/c1-22-20(23-17-10-11-25-19-5-3-2-4-15(17)19)24-18-12-16(18)13-6-8-14(21)9-7-13;/h2-9,16-18H,10-12H2,1H3,(H2,22,23,24);1H. The lowest BCUT2D eigenvalue weighted by molar-refractivity contribution is 0.261. The van der Waals surface area contributed by atoms with Crippen LogP contribution in [0.3, 0.4) is 0 Å². The fraction of sp³-hybridized carbons (Fsp3) is 0.350. The quantitative estimate of drug-likeness (QED) is 0.348. The average molecular weight is 528 g/mol. The van der Waals surface area contributed by atoms with Gasteiger partial charge >= 0.3 is 0 Å². The maximum atomic E-state index is 5.74. The molecule has 0 aromatic heterocycles. The molecule has 26 heavy (non-hydrogen) atoms. The summed E-state index contributed by atoms with van der Waals surface area (Å²) in [5.41, 5.74) is 2.59. The first-order valence-electron chi connectivity index (χ1n) is 8.71. The zero-order valence-corrected chi connectivity index (χ0v) is 18.5. The summed E-state index contributed by atoms with van der Waals surface area (Å²) in [6.45, 7) is 0.733. The summed E-state index contributed by atoms with van der Waals surface area (Å²) in [4.78, 5) is 4.42. The molecule has 3 atom stereocenters. The first-order chi connectivity index (χ1) is 12.2. The Bertz CT molecular complexity index is 781. The summed E-state index contributed by atoms with van der Waals surface area (Å²) >= 11 is 3.50. The molecule has 2 aromatic rings. The number of nitrogens with one attached hydrogen (secondary N) is 2. The lowest BCUT2D eigenvalue weighted by Gasteiger charge is -2.28. The SMILES string of the molecule is CN=C(NC1CCOc2ccccc21)NC1CC1c1ccc(Br)cc1.I. The Balaban J connectivity index is 0.00000196. The van der Waals surface area contributed by atoms with Crippen LogP contribution in [0.25, 0.3) is 0 Å². The van der Waals surface area contributed by atoms with Crippen molar-refractivity contribution in [1.82, 2.24) is 10.6 Å². The van der Waals surface area contributed by atoms with Gasteiger partial charge < -0.3 is 15.4 Å². The molecule has 1 aliphatic carbocycles. The van der Waals surface area contributed by atoms with Gasteiger partial charge in [0.2, 0.25) is 0 Å². The molecule has 0 amide bonds. The van der Waals surface area contributed by atoms with E-state index in [1.807, 2.05) is 19.2 Å². The van der Waals surface area contributed by atoms with E-state index in [0.717, 1.165) is 35.6 Å². The van der Waals surface area contributed by atoms with Crippen LogP contribution in [-0.4, -0.2) is 25.7 Å². The molecule has 1 fully saturated rings. The normalized spacial score (nSPS) is 23.9. The van der Waals surface area contributed by atoms with Crippen molar-refractivity contribution in [1.29, 1.82) is 0 Å². The topological polar surface area (TPSA) is 45.7 Å². The number of hydrogen-bond acceptors (Lipinski definition) is 2. The van der Waals surface area contributed by atoms with Crippen LogP contribution in [0.15, 0.2) is 58.0 Å². The molecule has 1 saturated carbocycles. The highest BCUT2D eigenvalue weighted by molar-refractivity contribution is 14.0. The summed E-state index contributed by atoms with van der Waals surface area (Å²) < 4.78 is 6.87. The van der Waals surface area contributed by atoms with Crippen molar-refractivity contribution in [2.75, 3.05) is 13.7 Å². The summed E-state index contributed by atoms with van der Waals surface area (Å²) in [5.74, 6) is 2.40. The fourth-order valence-electron chi connectivity index (χ4n) is 3.44. The van der Waals surface area contributed by atoms with Crippen molar-refractivity contribution in [3.63, 3.8) is 0 Å². The number of aliphatic imine (C=N–C) groups is 1. The maximum absolute atomic E-state index is 5.74. The first-order valence-corrected chi connectivity index (χ1v) is 9.51. The number of guanidine groups is 1. The number of ether oxygens (including phenoxy) is 1. The third-order valence-electron chi connectivity index (χ3n) is 4.90. The van der Waals surface area contributed by atoms with Gasteiger partial charge in [0.1, 0.15) is 5.75 Å². The van der Waals surface area contributed by atoms with Crippen molar-refractivity contribution in [2.24, 2.45) is 4.99 Å². The highest BCUT2D eigenvalue weighted by atomic mass is 127. The molecule has 3 unspecified atom stereocenters. The molecular formula is C20H23BrIN3O. The number of para-hydroxylation sites is 1. The maximum Gasteiger partial charge on any atom is 0.191 e. The van der Waals surface area contributed by atoms with Crippen LogP contribution in [0.5, 0.6) is 5.75 Å². The second kappa shape index (κ2) is 8.61. The Morgan fingerprint density at radius 3 is 2.65 bits per heavy atom. The fourth-order valence-corrected chi connectivity index (χ4v) is 3.70. The largest absolute Gasteiger partial charge is 0.493 e. The van der Waals surface area contributed by atoms with Gasteiger partial charge in [-0.25, -0.2) is 0 Å². The third kappa shape index (κ3) is 4.34. The van der Waals surface area contributed by atoms with E-state index in [2.05, 4.69) is 68.0 Å². The number of halogens is 2. The van der Waals surface area contributed by atoms with E-state index in [-0.39, 0.29) is 30.0 Å². The van der Waals surface area contributed by atoms with Crippen molar-refractivity contribution in [3.8, 4) is 5.75 Å². The van der Waals surface area contributed by atoms with Gasteiger partial charge in [0, 0.05) is 35.5 Å². The summed E-state index contributed by atoms with van der Waals surface area (Å²) in [7, 11) is 1.83. The van der Waals surface area contributed by atoms with E-state index in [1.165, 1.54) is 11.1 Å². The van der Waals surface area contributed by atoms with Crippen LogP contribution < -0.4 is 15.4 Å². The monoisotopic (exact) mass is 527 g/mol. The van der Waals surface area contributed by atoms with E-state index in [9.17, 15) is 0 Å². The van der Waals surface area contributed by atoms with Crippen LogP contribution in [0.2, 0.25) is 0 Å². The van der Waals surface area contributed by atoms with Crippen LogP contribution in [-0.2, 0) is 0 Å². The van der Waals surface area contributed by atoms with Crippen molar-refractivity contribution in [2.45, 2.75) is 30.8 Å². The summed E-state index contributed by atoms with van der Waals surface area (Å²) in [5, 5.41) is 7.13. The molecule has 1 heterocycles.